The Morgan fingerprint density at radius 2 is 1.83 bits per heavy atom. The molecule has 0 saturated heterocycles. The fourth-order valence-corrected chi connectivity index (χ4v) is 1.83. The standard InChI is InChI=1S/C15H18N2O/c1-10-4-5-13(6-11(10)2)7-15(18)14-9-16-12(3)8-17-14/h4-6,8-9,15,18H,7H2,1-3H3. The first-order valence-corrected chi connectivity index (χ1v) is 6.09. The highest BCUT2D eigenvalue weighted by Crippen LogP contribution is 2.18. The van der Waals surface area contributed by atoms with Crippen molar-refractivity contribution in [1.29, 1.82) is 0 Å². The van der Waals surface area contributed by atoms with Gasteiger partial charge in [-0.1, -0.05) is 18.2 Å². The molecule has 2 rings (SSSR count). The van der Waals surface area contributed by atoms with Gasteiger partial charge in [-0.3, -0.25) is 9.97 Å². The lowest BCUT2D eigenvalue weighted by molar-refractivity contribution is 0.173. The van der Waals surface area contributed by atoms with Crippen LogP contribution < -0.4 is 0 Å². The Bertz CT molecular complexity index is 535. The summed E-state index contributed by atoms with van der Waals surface area (Å²) in [6, 6.07) is 6.24. The molecule has 1 unspecified atom stereocenters. The largest absolute Gasteiger partial charge is 0.386 e. The van der Waals surface area contributed by atoms with Crippen LogP contribution in [0.3, 0.4) is 0 Å². The van der Waals surface area contributed by atoms with Gasteiger partial charge in [-0.2, -0.15) is 0 Å². The van der Waals surface area contributed by atoms with Gasteiger partial charge in [0.2, 0.25) is 0 Å². The van der Waals surface area contributed by atoms with Gasteiger partial charge in [-0.05, 0) is 37.5 Å². The minimum absolute atomic E-state index is 0.568. The van der Waals surface area contributed by atoms with Crippen LogP contribution in [0.5, 0.6) is 0 Å². The van der Waals surface area contributed by atoms with Crippen LogP contribution in [0.25, 0.3) is 0 Å². The number of aryl methyl sites for hydroxylation is 3. The van der Waals surface area contributed by atoms with E-state index in [0.717, 1.165) is 11.3 Å². The molecule has 0 aliphatic carbocycles. The summed E-state index contributed by atoms with van der Waals surface area (Å²) in [5.41, 5.74) is 5.11. The molecule has 0 aliphatic rings. The van der Waals surface area contributed by atoms with Gasteiger partial charge in [-0.25, -0.2) is 0 Å². The number of aromatic nitrogens is 2. The van der Waals surface area contributed by atoms with Crippen molar-refractivity contribution in [2.45, 2.75) is 33.3 Å². The molecule has 0 amide bonds. The number of nitrogens with zero attached hydrogens (tertiary/aromatic N) is 2. The van der Waals surface area contributed by atoms with Crippen LogP contribution in [0.2, 0.25) is 0 Å². The van der Waals surface area contributed by atoms with Gasteiger partial charge in [0, 0.05) is 12.6 Å². The fourth-order valence-electron chi connectivity index (χ4n) is 1.83. The lowest BCUT2D eigenvalue weighted by Crippen LogP contribution is -2.05. The molecule has 0 spiro atoms. The van der Waals surface area contributed by atoms with Crippen molar-refractivity contribution in [2.24, 2.45) is 0 Å². The molecule has 0 bridgehead atoms. The molecule has 1 N–H and O–H groups in total. The van der Waals surface area contributed by atoms with E-state index >= 15 is 0 Å². The first kappa shape index (κ1) is 12.7. The third kappa shape index (κ3) is 2.93. The van der Waals surface area contributed by atoms with Crippen molar-refractivity contribution in [3.63, 3.8) is 0 Å². The Hall–Kier alpha value is -1.74. The Morgan fingerprint density at radius 3 is 2.44 bits per heavy atom. The molecular formula is C15H18N2O. The zero-order valence-corrected chi connectivity index (χ0v) is 11.0. The Morgan fingerprint density at radius 1 is 1.06 bits per heavy atom. The molecule has 18 heavy (non-hydrogen) atoms. The van der Waals surface area contributed by atoms with Gasteiger partial charge in [0.25, 0.3) is 0 Å². The quantitative estimate of drug-likeness (QED) is 0.900. The molecule has 1 aromatic carbocycles. The number of benzene rings is 1. The van der Waals surface area contributed by atoms with Crippen LogP contribution in [0.1, 0.15) is 34.2 Å². The predicted octanol–water partition coefficient (Wildman–Crippen LogP) is 2.68. The second-order valence-corrected chi connectivity index (χ2v) is 4.72. The Labute approximate surface area is 108 Å². The minimum atomic E-state index is -0.597. The molecular weight excluding hydrogens is 224 g/mol. The smallest absolute Gasteiger partial charge is 0.102 e. The summed E-state index contributed by atoms with van der Waals surface area (Å²) in [4.78, 5) is 8.35. The highest BCUT2D eigenvalue weighted by Gasteiger charge is 2.10. The van der Waals surface area contributed by atoms with Gasteiger partial charge in [0.15, 0.2) is 0 Å². The Kier molecular flexibility index (Phi) is 3.72. The fraction of sp³-hybridized carbons (Fsp3) is 0.333. The Balaban J connectivity index is 2.13. The maximum atomic E-state index is 10.1. The molecule has 3 nitrogen and oxygen atoms in total. The SMILES string of the molecule is Cc1cnc(C(O)Cc2ccc(C)c(C)c2)cn1. The van der Waals surface area contributed by atoms with Gasteiger partial charge in [0.1, 0.15) is 6.10 Å². The van der Waals surface area contributed by atoms with Crippen molar-refractivity contribution in [1.82, 2.24) is 9.97 Å². The van der Waals surface area contributed by atoms with Crippen LogP contribution in [0, 0.1) is 20.8 Å². The highest BCUT2D eigenvalue weighted by molar-refractivity contribution is 5.30. The molecule has 0 aliphatic heterocycles. The lowest BCUT2D eigenvalue weighted by atomic mass is 10.0. The zero-order chi connectivity index (χ0) is 13.1. The number of hydrogen-bond acceptors (Lipinski definition) is 3. The average Bonchev–Trinajstić information content (AvgIpc) is 2.34. The molecule has 3 heteroatoms. The second-order valence-electron chi connectivity index (χ2n) is 4.72. The van der Waals surface area contributed by atoms with E-state index in [4.69, 9.17) is 0 Å². The molecule has 0 saturated carbocycles. The van der Waals surface area contributed by atoms with E-state index < -0.39 is 6.10 Å². The van der Waals surface area contributed by atoms with Gasteiger partial charge < -0.3 is 5.11 Å². The summed E-state index contributed by atoms with van der Waals surface area (Å²) in [6.07, 6.45) is 3.29. The van der Waals surface area contributed by atoms with Crippen LogP contribution in [-0.4, -0.2) is 15.1 Å². The molecule has 1 aromatic heterocycles. The van der Waals surface area contributed by atoms with Crippen molar-refractivity contribution in [3.8, 4) is 0 Å². The topological polar surface area (TPSA) is 46.0 Å². The van der Waals surface area contributed by atoms with Gasteiger partial charge in [0.05, 0.1) is 17.6 Å². The number of hydrogen-bond donors (Lipinski definition) is 1. The summed E-state index contributed by atoms with van der Waals surface area (Å²) >= 11 is 0. The van der Waals surface area contributed by atoms with Crippen LogP contribution in [0.4, 0.5) is 0 Å². The second kappa shape index (κ2) is 5.27. The summed E-state index contributed by atoms with van der Waals surface area (Å²) in [5, 5.41) is 10.1. The van der Waals surface area contributed by atoms with E-state index in [0.29, 0.717) is 12.1 Å². The lowest BCUT2D eigenvalue weighted by Gasteiger charge is -2.11. The molecule has 0 fully saturated rings. The van der Waals surface area contributed by atoms with Crippen molar-refractivity contribution < 1.29 is 5.11 Å². The third-order valence-corrected chi connectivity index (χ3v) is 3.14. The molecule has 94 valence electrons. The monoisotopic (exact) mass is 242 g/mol. The minimum Gasteiger partial charge on any atom is -0.386 e. The molecule has 2 aromatic rings. The number of aliphatic hydroxyl groups excluding tert-OH is 1. The van der Waals surface area contributed by atoms with Crippen LogP contribution in [0.15, 0.2) is 30.6 Å². The molecule has 0 radical (unpaired) electrons. The van der Waals surface area contributed by atoms with Crippen LogP contribution in [-0.2, 0) is 6.42 Å². The van der Waals surface area contributed by atoms with Crippen molar-refractivity contribution in [2.75, 3.05) is 0 Å². The summed E-state index contributed by atoms with van der Waals surface area (Å²) in [7, 11) is 0. The average molecular weight is 242 g/mol. The maximum Gasteiger partial charge on any atom is 0.102 e. The van der Waals surface area contributed by atoms with E-state index in [1.807, 2.05) is 13.0 Å². The number of rotatable bonds is 3. The first-order valence-electron chi connectivity index (χ1n) is 6.09. The van der Waals surface area contributed by atoms with E-state index in [9.17, 15) is 5.11 Å². The zero-order valence-electron chi connectivity index (χ0n) is 11.0. The van der Waals surface area contributed by atoms with Gasteiger partial charge in [-0.15, -0.1) is 0 Å². The summed E-state index contributed by atoms with van der Waals surface area (Å²) in [5.74, 6) is 0. The summed E-state index contributed by atoms with van der Waals surface area (Å²) in [6.45, 7) is 6.05. The normalized spacial score (nSPS) is 12.4. The molecule has 1 atom stereocenters. The van der Waals surface area contributed by atoms with E-state index in [2.05, 4.69) is 35.9 Å². The summed E-state index contributed by atoms with van der Waals surface area (Å²) < 4.78 is 0. The first-order chi connectivity index (χ1) is 8.56. The maximum absolute atomic E-state index is 10.1. The van der Waals surface area contributed by atoms with Crippen LogP contribution >= 0.6 is 0 Å². The highest BCUT2D eigenvalue weighted by atomic mass is 16.3. The third-order valence-electron chi connectivity index (χ3n) is 3.14. The van der Waals surface area contributed by atoms with Crippen molar-refractivity contribution in [3.05, 3.63) is 58.7 Å². The predicted molar refractivity (Wildman–Crippen MR) is 71.3 cm³/mol. The van der Waals surface area contributed by atoms with E-state index in [1.54, 1.807) is 12.4 Å². The molecule has 1 heterocycles. The van der Waals surface area contributed by atoms with E-state index in [-0.39, 0.29) is 0 Å². The number of aliphatic hydroxyl groups is 1. The van der Waals surface area contributed by atoms with Crippen molar-refractivity contribution >= 4 is 0 Å². The van der Waals surface area contributed by atoms with E-state index in [1.165, 1.54) is 11.1 Å². The van der Waals surface area contributed by atoms with Gasteiger partial charge >= 0.3 is 0 Å².